The van der Waals surface area contributed by atoms with Crippen LogP contribution < -0.4 is 27.0 Å². The molecule has 0 saturated carbocycles. The predicted octanol–water partition coefficient (Wildman–Crippen LogP) is -2.18. The van der Waals surface area contributed by atoms with Gasteiger partial charge < -0.3 is 14.8 Å². The van der Waals surface area contributed by atoms with E-state index in [1.807, 2.05) is 0 Å². The Bertz CT molecular complexity index is 803. The highest BCUT2D eigenvalue weighted by Crippen LogP contribution is 2.21. The van der Waals surface area contributed by atoms with E-state index in [9.17, 15) is 19.2 Å². The summed E-state index contributed by atoms with van der Waals surface area (Å²) >= 11 is 0. The molecule has 0 unspecified atom stereocenters. The zero-order chi connectivity index (χ0) is 23.3. The molecule has 0 aromatic heterocycles. The van der Waals surface area contributed by atoms with Crippen molar-refractivity contribution in [3.63, 3.8) is 0 Å². The van der Waals surface area contributed by atoms with Crippen molar-refractivity contribution >= 4 is 68.6 Å². The van der Waals surface area contributed by atoms with Crippen molar-refractivity contribution < 1.29 is 28.7 Å². The van der Waals surface area contributed by atoms with Gasteiger partial charge in [-0.05, 0) is 6.42 Å². The number of hydrazone groups is 4. The van der Waals surface area contributed by atoms with Gasteiger partial charge in [0, 0.05) is 24.5 Å². The highest BCUT2D eigenvalue weighted by Gasteiger charge is 2.20. The van der Waals surface area contributed by atoms with Gasteiger partial charge in [0.05, 0.1) is 14.2 Å². The van der Waals surface area contributed by atoms with Crippen LogP contribution in [0.3, 0.4) is 0 Å². The molecule has 0 aliphatic carbocycles. The number of hydrogen-bond acceptors (Lipinski definition) is 16. The molecule has 15 nitrogen and oxygen atoms in total. The first-order valence-corrected chi connectivity index (χ1v) is 11.5. The number of ether oxygens (including phenoxy) is 2. The number of amides is 1. The van der Waals surface area contributed by atoms with E-state index in [1.54, 1.807) is 10.8 Å². The lowest BCUT2D eigenvalue weighted by atomic mass is 10.2. The number of nitrogens with one attached hydrogen (secondary N) is 5. The van der Waals surface area contributed by atoms with Crippen LogP contribution in [0.15, 0.2) is 20.4 Å². The van der Waals surface area contributed by atoms with Crippen LogP contribution in [0.1, 0.15) is 12.8 Å². The summed E-state index contributed by atoms with van der Waals surface area (Å²) in [5.41, 5.74) is 9.48. The molecule has 2 aliphatic heterocycles. The molecule has 0 atom stereocenters. The number of Topliss-reactive ketones (excluding diaryl/α,β-unsaturated/α-hetero) is 1. The molecule has 0 spiro atoms. The fourth-order valence-corrected chi connectivity index (χ4v) is 3.95. The number of nitrogens with zero attached hydrogens (tertiary/aromatic N) is 4. The summed E-state index contributed by atoms with van der Waals surface area (Å²) in [5.74, 6) is -1.13. The average Bonchev–Trinajstić information content (AvgIpc) is 2.84. The van der Waals surface area contributed by atoms with Crippen LogP contribution >= 0.6 is 21.6 Å². The van der Waals surface area contributed by atoms with Gasteiger partial charge in [-0.1, -0.05) is 21.6 Å². The van der Waals surface area contributed by atoms with E-state index in [-0.39, 0.29) is 35.5 Å². The molecule has 2 heterocycles. The average molecular weight is 488 g/mol. The van der Waals surface area contributed by atoms with Crippen LogP contribution in [0.25, 0.3) is 0 Å². The van der Waals surface area contributed by atoms with E-state index in [2.05, 4.69) is 56.9 Å². The Kier molecular flexibility index (Phi) is 10.2. The van der Waals surface area contributed by atoms with Crippen LogP contribution in [-0.2, 0) is 28.7 Å². The Balaban J connectivity index is 1.51. The quantitative estimate of drug-likeness (QED) is 0.114. The maximum Gasteiger partial charge on any atom is 0.377 e. The lowest BCUT2D eigenvalue weighted by molar-refractivity contribution is -0.133. The van der Waals surface area contributed by atoms with Gasteiger partial charge in [0.25, 0.3) is 17.6 Å². The van der Waals surface area contributed by atoms with Gasteiger partial charge in [0.1, 0.15) is 0 Å². The van der Waals surface area contributed by atoms with Gasteiger partial charge in [0.15, 0.2) is 0 Å². The molecule has 0 saturated heterocycles. The summed E-state index contributed by atoms with van der Waals surface area (Å²) in [7, 11) is 5.50. The molecular formula is C15H21N9O6S2. The maximum absolute atomic E-state index is 12.0. The fraction of sp³-hybridized carbons (Fsp3) is 0.467. The number of rotatable bonds is 12. The third-order valence-electron chi connectivity index (χ3n) is 3.52. The highest BCUT2D eigenvalue weighted by molar-refractivity contribution is 8.76. The molecule has 1 amide bonds. The lowest BCUT2D eigenvalue weighted by Gasteiger charge is -2.13. The second kappa shape index (κ2) is 13.2. The summed E-state index contributed by atoms with van der Waals surface area (Å²) in [6, 6.07) is 0. The first-order valence-electron chi connectivity index (χ1n) is 9.03. The SMILES string of the molecule is COC(=O)C1=NNC(C(=O)CCCSSCCNC(=O)C2=NNC(C(=O)OC)=NN2)=NN1. The van der Waals surface area contributed by atoms with E-state index in [0.29, 0.717) is 24.5 Å². The molecular weight excluding hydrogens is 466 g/mol. The van der Waals surface area contributed by atoms with Gasteiger partial charge >= 0.3 is 11.9 Å². The van der Waals surface area contributed by atoms with Gasteiger partial charge in [-0.3, -0.25) is 31.3 Å². The number of amidine groups is 4. The number of hydrogen-bond donors (Lipinski definition) is 5. The molecule has 17 heteroatoms. The molecule has 0 radical (unpaired) electrons. The number of carbonyl (C=O) groups excluding carboxylic acids is 4. The maximum atomic E-state index is 12.0. The van der Waals surface area contributed by atoms with Crippen LogP contribution in [0.2, 0.25) is 0 Å². The van der Waals surface area contributed by atoms with Crippen molar-refractivity contribution in [2.75, 3.05) is 32.3 Å². The van der Waals surface area contributed by atoms with Crippen LogP contribution in [-0.4, -0.2) is 79.2 Å². The normalized spacial score (nSPS) is 14.6. The number of carbonyl (C=O) groups is 4. The molecule has 174 valence electrons. The highest BCUT2D eigenvalue weighted by atomic mass is 33.1. The van der Waals surface area contributed by atoms with Crippen molar-refractivity contribution in [3.8, 4) is 0 Å². The lowest BCUT2D eigenvalue weighted by Crippen LogP contribution is -2.46. The smallest absolute Gasteiger partial charge is 0.377 e. The summed E-state index contributed by atoms with van der Waals surface area (Å²) in [6.07, 6.45) is 0.873. The minimum atomic E-state index is -0.711. The van der Waals surface area contributed by atoms with E-state index in [4.69, 9.17) is 0 Å². The van der Waals surface area contributed by atoms with Crippen molar-refractivity contribution in [1.82, 2.24) is 27.0 Å². The second-order valence-electron chi connectivity index (χ2n) is 5.70. The minimum Gasteiger partial charge on any atom is -0.463 e. The molecule has 0 aromatic carbocycles. The Morgan fingerprint density at radius 1 is 0.781 bits per heavy atom. The standard InChI is InChI=1S/C15H21N9O6S2/c1-29-14(27)11-21-17-9(18-22-11)8(25)4-3-6-31-32-7-5-16-13(26)10-19-23-12(24-20-10)15(28)30-2/h3-7H2,1-2H3,(H,16,26)(H,17,18)(H,19,20)(H,21,22)(H,23,24). The van der Waals surface area contributed by atoms with Crippen molar-refractivity contribution in [2.45, 2.75) is 12.8 Å². The minimum absolute atomic E-state index is 0.0230. The molecule has 2 rings (SSSR count). The second-order valence-corrected chi connectivity index (χ2v) is 8.40. The van der Waals surface area contributed by atoms with E-state index in [0.717, 1.165) is 0 Å². The Morgan fingerprint density at radius 2 is 1.28 bits per heavy atom. The topological polar surface area (TPSA) is 196 Å². The van der Waals surface area contributed by atoms with Crippen molar-refractivity contribution in [1.29, 1.82) is 0 Å². The molecule has 2 aliphatic rings. The molecule has 32 heavy (non-hydrogen) atoms. The Labute approximate surface area is 190 Å². The van der Waals surface area contributed by atoms with Crippen molar-refractivity contribution in [2.24, 2.45) is 20.4 Å². The zero-order valence-electron chi connectivity index (χ0n) is 17.1. The van der Waals surface area contributed by atoms with Crippen LogP contribution in [0.5, 0.6) is 0 Å². The summed E-state index contributed by atoms with van der Waals surface area (Å²) in [4.78, 5) is 46.5. The number of ketones is 1. The molecule has 0 fully saturated rings. The molecule has 0 aromatic rings. The summed E-state index contributed by atoms with van der Waals surface area (Å²) in [5, 5.41) is 17.5. The van der Waals surface area contributed by atoms with E-state index >= 15 is 0 Å². The number of esters is 2. The summed E-state index contributed by atoms with van der Waals surface area (Å²) < 4.78 is 8.94. The van der Waals surface area contributed by atoms with E-state index < -0.39 is 17.8 Å². The monoisotopic (exact) mass is 487 g/mol. The molecule has 5 N–H and O–H groups in total. The predicted molar refractivity (Wildman–Crippen MR) is 118 cm³/mol. The number of methoxy groups -OCH3 is 2. The van der Waals surface area contributed by atoms with Gasteiger partial charge in [-0.25, -0.2) is 9.59 Å². The fourth-order valence-electron chi connectivity index (χ4n) is 1.96. The third-order valence-corrected chi connectivity index (χ3v) is 6.01. The largest absolute Gasteiger partial charge is 0.463 e. The molecule has 0 bridgehead atoms. The Hall–Kier alpha value is -3.34. The van der Waals surface area contributed by atoms with Gasteiger partial charge in [0.2, 0.25) is 17.5 Å². The van der Waals surface area contributed by atoms with E-state index in [1.165, 1.54) is 25.0 Å². The summed E-state index contributed by atoms with van der Waals surface area (Å²) in [6.45, 7) is 0.386. The zero-order valence-corrected chi connectivity index (χ0v) is 18.7. The first kappa shape index (κ1) is 24.9. The van der Waals surface area contributed by atoms with Crippen LogP contribution in [0, 0.1) is 0 Å². The van der Waals surface area contributed by atoms with Gasteiger partial charge in [-0.2, -0.15) is 5.10 Å². The first-order chi connectivity index (χ1) is 15.5. The third kappa shape index (κ3) is 7.73. The van der Waals surface area contributed by atoms with Crippen molar-refractivity contribution in [3.05, 3.63) is 0 Å². The van der Waals surface area contributed by atoms with Gasteiger partial charge in [-0.15, -0.1) is 15.3 Å². The Morgan fingerprint density at radius 3 is 1.81 bits per heavy atom. The van der Waals surface area contributed by atoms with Crippen LogP contribution in [0.4, 0.5) is 0 Å².